The van der Waals surface area contributed by atoms with Crippen LogP contribution in [0.4, 0.5) is 0 Å². The van der Waals surface area contributed by atoms with Gasteiger partial charge in [0.2, 0.25) is 10.0 Å². The highest BCUT2D eigenvalue weighted by Gasteiger charge is 2.18. The van der Waals surface area contributed by atoms with Crippen LogP contribution in [0.5, 0.6) is 0 Å². The molecule has 19 heavy (non-hydrogen) atoms. The molecule has 1 aliphatic heterocycles. The topological polar surface area (TPSA) is 58.2 Å². The summed E-state index contributed by atoms with van der Waals surface area (Å²) in [6.45, 7) is 6.37. The maximum absolute atomic E-state index is 12.2. The van der Waals surface area contributed by atoms with Gasteiger partial charge in [-0.15, -0.1) is 0 Å². The normalized spacial score (nSPS) is 20.4. The Labute approximate surface area is 115 Å². The van der Waals surface area contributed by atoms with Gasteiger partial charge in [-0.05, 0) is 69.0 Å². The Kier molecular flexibility index (Phi) is 4.60. The van der Waals surface area contributed by atoms with E-state index in [-0.39, 0.29) is 0 Å². The fraction of sp³-hybridized carbons (Fsp3) is 0.571. The summed E-state index contributed by atoms with van der Waals surface area (Å²) in [5, 5.41) is 3.29. The van der Waals surface area contributed by atoms with Crippen LogP contribution >= 0.6 is 0 Å². The minimum atomic E-state index is -3.38. The lowest BCUT2D eigenvalue weighted by molar-refractivity contribution is 0.376. The summed E-state index contributed by atoms with van der Waals surface area (Å²) < 4.78 is 27.1. The van der Waals surface area contributed by atoms with Gasteiger partial charge in [0.05, 0.1) is 4.90 Å². The molecule has 5 heteroatoms. The van der Waals surface area contributed by atoms with E-state index in [4.69, 9.17) is 0 Å². The van der Waals surface area contributed by atoms with Gasteiger partial charge in [-0.2, -0.15) is 0 Å². The van der Waals surface area contributed by atoms with Crippen molar-refractivity contribution in [1.82, 2.24) is 10.0 Å². The van der Waals surface area contributed by atoms with E-state index in [1.807, 2.05) is 19.9 Å². The molecule has 1 saturated heterocycles. The summed E-state index contributed by atoms with van der Waals surface area (Å²) in [4.78, 5) is 0.361. The van der Waals surface area contributed by atoms with Gasteiger partial charge in [0, 0.05) is 6.54 Å². The molecular formula is C14H22N2O2S. The fourth-order valence-corrected chi connectivity index (χ4v) is 3.49. The van der Waals surface area contributed by atoms with Crippen molar-refractivity contribution in [2.45, 2.75) is 31.6 Å². The first kappa shape index (κ1) is 14.5. The van der Waals surface area contributed by atoms with E-state index in [2.05, 4.69) is 10.0 Å². The lowest BCUT2D eigenvalue weighted by Gasteiger charge is -2.22. The van der Waals surface area contributed by atoms with Crippen molar-refractivity contribution < 1.29 is 8.42 Å². The molecule has 1 aromatic rings. The number of rotatable bonds is 4. The first-order chi connectivity index (χ1) is 8.99. The molecular weight excluding hydrogens is 260 g/mol. The van der Waals surface area contributed by atoms with Crippen LogP contribution in [0.3, 0.4) is 0 Å². The number of benzene rings is 1. The lowest BCUT2D eigenvalue weighted by Crippen LogP contribution is -2.38. The van der Waals surface area contributed by atoms with Crippen LogP contribution in [0.1, 0.15) is 24.0 Å². The van der Waals surface area contributed by atoms with E-state index < -0.39 is 10.0 Å². The van der Waals surface area contributed by atoms with Crippen LogP contribution in [0.15, 0.2) is 23.1 Å². The van der Waals surface area contributed by atoms with Crippen LogP contribution in [0.25, 0.3) is 0 Å². The van der Waals surface area contributed by atoms with Crippen molar-refractivity contribution >= 4 is 10.0 Å². The van der Waals surface area contributed by atoms with E-state index in [9.17, 15) is 8.42 Å². The molecule has 4 nitrogen and oxygen atoms in total. The number of piperidine rings is 1. The Morgan fingerprint density at radius 2 is 2.11 bits per heavy atom. The molecule has 0 spiro atoms. The molecule has 0 radical (unpaired) electrons. The largest absolute Gasteiger partial charge is 0.316 e. The molecule has 2 N–H and O–H groups in total. The summed E-state index contributed by atoms with van der Waals surface area (Å²) in [6.07, 6.45) is 2.21. The first-order valence-electron chi connectivity index (χ1n) is 6.77. The third kappa shape index (κ3) is 3.78. The smallest absolute Gasteiger partial charge is 0.240 e. The second-order valence-electron chi connectivity index (χ2n) is 5.31. The monoisotopic (exact) mass is 282 g/mol. The Hall–Kier alpha value is -0.910. The molecule has 2 rings (SSSR count). The average molecular weight is 282 g/mol. The summed E-state index contributed by atoms with van der Waals surface area (Å²) in [5.74, 6) is 0.398. The molecule has 0 amide bonds. The summed E-state index contributed by atoms with van der Waals surface area (Å²) >= 11 is 0. The van der Waals surface area contributed by atoms with E-state index in [0.717, 1.165) is 37.1 Å². The molecule has 0 bridgehead atoms. The third-order valence-corrected chi connectivity index (χ3v) is 5.17. The number of nitrogens with one attached hydrogen (secondary N) is 2. The SMILES string of the molecule is Cc1ccc(S(=O)(=O)NC[C@H]2CCCNC2)cc1C. The zero-order chi connectivity index (χ0) is 13.9. The van der Waals surface area contributed by atoms with Gasteiger partial charge in [0.15, 0.2) is 0 Å². The van der Waals surface area contributed by atoms with Gasteiger partial charge < -0.3 is 5.32 Å². The molecule has 1 aromatic carbocycles. The van der Waals surface area contributed by atoms with E-state index in [1.165, 1.54) is 0 Å². The van der Waals surface area contributed by atoms with Gasteiger partial charge in [-0.1, -0.05) is 6.07 Å². The summed E-state index contributed by atoms with van der Waals surface area (Å²) in [5.41, 5.74) is 2.11. The number of hydrogen-bond acceptors (Lipinski definition) is 3. The first-order valence-corrected chi connectivity index (χ1v) is 8.25. The summed E-state index contributed by atoms with van der Waals surface area (Å²) in [6, 6.07) is 5.26. The van der Waals surface area contributed by atoms with Gasteiger partial charge in [-0.25, -0.2) is 13.1 Å². The quantitative estimate of drug-likeness (QED) is 0.881. The number of sulfonamides is 1. The minimum Gasteiger partial charge on any atom is -0.316 e. The zero-order valence-electron chi connectivity index (χ0n) is 11.6. The molecule has 0 aliphatic carbocycles. The van der Waals surface area contributed by atoms with Crippen molar-refractivity contribution in [3.63, 3.8) is 0 Å². The highest BCUT2D eigenvalue weighted by Crippen LogP contribution is 2.15. The second kappa shape index (κ2) is 6.03. The molecule has 1 fully saturated rings. The van der Waals surface area contributed by atoms with Crippen LogP contribution in [-0.2, 0) is 10.0 Å². The Bertz CT molecular complexity index is 534. The Morgan fingerprint density at radius 1 is 1.32 bits per heavy atom. The highest BCUT2D eigenvalue weighted by molar-refractivity contribution is 7.89. The highest BCUT2D eigenvalue weighted by atomic mass is 32.2. The number of hydrogen-bond donors (Lipinski definition) is 2. The molecule has 1 heterocycles. The van der Waals surface area contributed by atoms with Crippen molar-refractivity contribution in [3.8, 4) is 0 Å². The van der Waals surface area contributed by atoms with Gasteiger partial charge in [0.25, 0.3) is 0 Å². The van der Waals surface area contributed by atoms with Crippen LogP contribution in [-0.4, -0.2) is 28.1 Å². The van der Waals surface area contributed by atoms with Gasteiger partial charge >= 0.3 is 0 Å². The van der Waals surface area contributed by atoms with Crippen LogP contribution in [0, 0.1) is 19.8 Å². The average Bonchev–Trinajstić information content (AvgIpc) is 2.41. The van der Waals surface area contributed by atoms with Crippen molar-refractivity contribution in [3.05, 3.63) is 29.3 Å². The standard InChI is InChI=1S/C14H22N2O2S/c1-11-5-6-14(8-12(11)2)19(17,18)16-10-13-4-3-7-15-9-13/h5-6,8,13,15-16H,3-4,7,9-10H2,1-2H3/t13-/m0/s1. The Morgan fingerprint density at radius 3 is 2.74 bits per heavy atom. The number of aryl methyl sites for hydroxylation is 2. The second-order valence-corrected chi connectivity index (χ2v) is 7.08. The predicted molar refractivity (Wildman–Crippen MR) is 76.7 cm³/mol. The van der Waals surface area contributed by atoms with Gasteiger partial charge in [0.1, 0.15) is 0 Å². The van der Waals surface area contributed by atoms with Crippen molar-refractivity contribution in [2.75, 3.05) is 19.6 Å². The molecule has 0 saturated carbocycles. The van der Waals surface area contributed by atoms with E-state index in [1.54, 1.807) is 12.1 Å². The van der Waals surface area contributed by atoms with Crippen LogP contribution in [0.2, 0.25) is 0 Å². The lowest BCUT2D eigenvalue weighted by atomic mass is 10.0. The molecule has 1 atom stereocenters. The molecule has 0 aromatic heterocycles. The maximum Gasteiger partial charge on any atom is 0.240 e. The fourth-order valence-electron chi connectivity index (χ4n) is 2.29. The molecule has 106 valence electrons. The van der Waals surface area contributed by atoms with E-state index >= 15 is 0 Å². The van der Waals surface area contributed by atoms with Gasteiger partial charge in [-0.3, -0.25) is 0 Å². The summed E-state index contributed by atoms with van der Waals surface area (Å²) in [7, 11) is -3.38. The van der Waals surface area contributed by atoms with Crippen molar-refractivity contribution in [2.24, 2.45) is 5.92 Å². The third-order valence-electron chi connectivity index (χ3n) is 3.75. The molecule has 1 aliphatic rings. The predicted octanol–water partition coefficient (Wildman–Crippen LogP) is 1.58. The Balaban J connectivity index is 2.02. The maximum atomic E-state index is 12.2. The van der Waals surface area contributed by atoms with E-state index in [0.29, 0.717) is 17.4 Å². The zero-order valence-corrected chi connectivity index (χ0v) is 12.4. The van der Waals surface area contributed by atoms with Crippen molar-refractivity contribution in [1.29, 1.82) is 0 Å². The van der Waals surface area contributed by atoms with Crippen LogP contribution < -0.4 is 10.0 Å². The minimum absolute atomic E-state index is 0.361. The molecule has 0 unspecified atom stereocenters.